The number of benzene rings is 1. The van der Waals surface area contributed by atoms with E-state index in [2.05, 4.69) is 5.32 Å². The van der Waals surface area contributed by atoms with Crippen molar-refractivity contribution in [3.05, 3.63) is 24.3 Å². The number of rotatable bonds is 7. The number of amides is 1. The Bertz CT molecular complexity index is 696. The number of carbonyl (C=O) groups excluding carboxylic acids is 1. The number of carbonyl (C=O) groups is 1. The Hall–Kier alpha value is -1.64. The first-order valence-corrected chi connectivity index (χ1v) is 10.4. The summed E-state index contributed by atoms with van der Waals surface area (Å²) < 4.78 is 32.1. The minimum absolute atomic E-state index is 0.00911. The van der Waals surface area contributed by atoms with E-state index >= 15 is 0 Å². The van der Waals surface area contributed by atoms with Crippen LogP contribution in [0.1, 0.15) is 20.8 Å². The van der Waals surface area contributed by atoms with E-state index < -0.39 is 10.0 Å². The molecule has 1 fully saturated rings. The predicted molar refractivity (Wildman–Crippen MR) is 101 cm³/mol. The average Bonchev–Trinajstić information content (AvgIpc) is 2.65. The molecule has 1 amide bonds. The van der Waals surface area contributed by atoms with Crippen molar-refractivity contribution in [3.63, 3.8) is 0 Å². The van der Waals surface area contributed by atoms with Gasteiger partial charge in [0.25, 0.3) is 0 Å². The third-order valence-electron chi connectivity index (χ3n) is 4.58. The highest BCUT2D eigenvalue weighted by molar-refractivity contribution is 7.89. The van der Waals surface area contributed by atoms with Crippen molar-refractivity contribution in [3.8, 4) is 5.75 Å². The van der Waals surface area contributed by atoms with Crippen LogP contribution >= 0.6 is 0 Å². The second-order valence-corrected chi connectivity index (χ2v) is 8.87. The number of nitrogens with one attached hydrogen (secondary N) is 1. The van der Waals surface area contributed by atoms with Crippen LogP contribution in [0.25, 0.3) is 0 Å². The lowest BCUT2D eigenvalue weighted by atomic mass is 10.2. The first-order chi connectivity index (χ1) is 12.3. The Kier molecular flexibility index (Phi) is 7.02. The molecule has 0 unspecified atom stereocenters. The number of piperazine rings is 1. The van der Waals surface area contributed by atoms with Crippen LogP contribution in [0, 0.1) is 5.92 Å². The van der Waals surface area contributed by atoms with Gasteiger partial charge in [-0.2, -0.15) is 4.31 Å². The number of sulfonamides is 1. The second kappa shape index (κ2) is 8.83. The Morgan fingerprint density at radius 2 is 1.69 bits per heavy atom. The van der Waals surface area contributed by atoms with E-state index in [4.69, 9.17) is 4.74 Å². The molecule has 2 rings (SSSR count). The Morgan fingerprint density at radius 1 is 1.12 bits per heavy atom. The van der Waals surface area contributed by atoms with Gasteiger partial charge in [-0.3, -0.25) is 9.69 Å². The van der Waals surface area contributed by atoms with Crippen LogP contribution in [-0.4, -0.2) is 69.4 Å². The summed E-state index contributed by atoms with van der Waals surface area (Å²) in [5.41, 5.74) is 0. The average molecular weight is 384 g/mol. The van der Waals surface area contributed by atoms with Gasteiger partial charge in [-0.25, -0.2) is 8.42 Å². The van der Waals surface area contributed by atoms with Gasteiger partial charge in [-0.15, -0.1) is 0 Å². The predicted octanol–water partition coefficient (Wildman–Crippen LogP) is 1.16. The topological polar surface area (TPSA) is 79.0 Å². The summed E-state index contributed by atoms with van der Waals surface area (Å²) in [6.07, 6.45) is 0. The fraction of sp³-hybridized carbons (Fsp3) is 0.611. The van der Waals surface area contributed by atoms with E-state index in [9.17, 15) is 13.2 Å². The molecule has 0 spiro atoms. The van der Waals surface area contributed by atoms with Crippen molar-refractivity contribution >= 4 is 15.9 Å². The molecule has 1 atom stereocenters. The zero-order valence-corrected chi connectivity index (χ0v) is 16.8. The van der Waals surface area contributed by atoms with Crippen LogP contribution in [-0.2, 0) is 14.8 Å². The lowest BCUT2D eigenvalue weighted by Gasteiger charge is -2.36. The molecule has 1 heterocycles. The van der Waals surface area contributed by atoms with Gasteiger partial charge in [0, 0.05) is 32.7 Å². The van der Waals surface area contributed by atoms with E-state index in [1.807, 2.05) is 25.7 Å². The van der Waals surface area contributed by atoms with Gasteiger partial charge < -0.3 is 10.1 Å². The molecule has 1 saturated heterocycles. The molecule has 1 N–H and O–H groups in total. The van der Waals surface area contributed by atoms with Crippen LogP contribution in [0.3, 0.4) is 0 Å². The van der Waals surface area contributed by atoms with E-state index in [0.717, 1.165) is 0 Å². The summed E-state index contributed by atoms with van der Waals surface area (Å²) in [4.78, 5) is 14.5. The molecule has 0 saturated carbocycles. The molecular weight excluding hydrogens is 354 g/mol. The minimum atomic E-state index is -3.53. The van der Waals surface area contributed by atoms with Gasteiger partial charge in [-0.1, -0.05) is 13.8 Å². The summed E-state index contributed by atoms with van der Waals surface area (Å²) in [6.45, 7) is 8.42. The lowest BCUT2D eigenvalue weighted by Crippen LogP contribution is -2.55. The summed E-state index contributed by atoms with van der Waals surface area (Å²) in [5, 5.41) is 2.93. The Labute approximate surface area is 156 Å². The first kappa shape index (κ1) is 20.7. The number of ether oxygens (including phenoxy) is 1. The van der Waals surface area contributed by atoms with Gasteiger partial charge in [0.15, 0.2) is 0 Å². The maximum atomic E-state index is 12.8. The monoisotopic (exact) mass is 383 g/mol. The summed E-state index contributed by atoms with van der Waals surface area (Å²) in [7, 11) is -1.98. The smallest absolute Gasteiger partial charge is 0.243 e. The number of hydrogen-bond donors (Lipinski definition) is 1. The SMILES string of the molecule is COc1ccc(S(=O)(=O)N2CCN([C@H](C)C(=O)NCC(C)C)CC2)cc1. The molecule has 8 heteroatoms. The molecule has 7 nitrogen and oxygen atoms in total. The molecule has 1 aromatic rings. The van der Waals surface area contributed by atoms with Crippen LogP contribution in [0.4, 0.5) is 0 Å². The van der Waals surface area contributed by atoms with E-state index in [1.165, 1.54) is 4.31 Å². The fourth-order valence-electron chi connectivity index (χ4n) is 2.85. The summed E-state index contributed by atoms with van der Waals surface area (Å²) in [6, 6.07) is 6.14. The second-order valence-electron chi connectivity index (χ2n) is 6.93. The number of methoxy groups -OCH3 is 1. The molecule has 0 aromatic heterocycles. The third-order valence-corrected chi connectivity index (χ3v) is 6.50. The molecule has 0 bridgehead atoms. The van der Waals surface area contributed by atoms with Crippen LogP contribution in [0.2, 0.25) is 0 Å². The van der Waals surface area contributed by atoms with Gasteiger partial charge in [-0.05, 0) is 37.1 Å². The largest absolute Gasteiger partial charge is 0.497 e. The summed E-state index contributed by atoms with van der Waals surface area (Å²) >= 11 is 0. The van der Waals surface area contributed by atoms with E-state index in [-0.39, 0.29) is 16.8 Å². The normalized spacial score (nSPS) is 17.9. The Balaban J connectivity index is 1.95. The zero-order chi connectivity index (χ0) is 19.3. The standard InChI is InChI=1S/C18H29N3O4S/c1-14(2)13-19-18(22)15(3)20-9-11-21(12-10-20)26(23,24)17-7-5-16(25-4)6-8-17/h5-8,14-15H,9-13H2,1-4H3,(H,19,22)/t15-/m1/s1. The maximum Gasteiger partial charge on any atom is 0.243 e. The zero-order valence-electron chi connectivity index (χ0n) is 15.9. The maximum absolute atomic E-state index is 12.8. The van der Waals surface area contributed by atoms with Crippen molar-refractivity contribution in [1.82, 2.24) is 14.5 Å². The first-order valence-electron chi connectivity index (χ1n) is 8.91. The van der Waals surface area contributed by atoms with Crippen LogP contribution in [0.15, 0.2) is 29.2 Å². The van der Waals surface area contributed by atoms with Crippen molar-refractivity contribution in [2.24, 2.45) is 5.92 Å². The molecule has 0 aliphatic carbocycles. The fourth-order valence-corrected chi connectivity index (χ4v) is 4.27. The van der Waals surface area contributed by atoms with Gasteiger partial charge >= 0.3 is 0 Å². The number of hydrogen-bond acceptors (Lipinski definition) is 5. The van der Waals surface area contributed by atoms with Crippen LogP contribution < -0.4 is 10.1 Å². The van der Waals surface area contributed by atoms with Crippen molar-refractivity contribution in [1.29, 1.82) is 0 Å². The highest BCUT2D eigenvalue weighted by atomic mass is 32.2. The minimum Gasteiger partial charge on any atom is -0.497 e. The third kappa shape index (κ3) is 4.96. The molecule has 1 aromatic carbocycles. The molecule has 1 aliphatic rings. The van der Waals surface area contributed by atoms with Crippen molar-refractivity contribution < 1.29 is 17.9 Å². The van der Waals surface area contributed by atoms with Gasteiger partial charge in [0.1, 0.15) is 5.75 Å². The van der Waals surface area contributed by atoms with Gasteiger partial charge in [0.05, 0.1) is 18.0 Å². The molecule has 0 radical (unpaired) electrons. The van der Waals surface area contributed by atoms with Crippen molar-refractivity contribution in [2.45, 2.75) is 31.7 Å². The highest BCUT2D eigenvalue weighted by Crippen LogP contribution is 2.21. The van der Waals surface area contributed by atoms with Crippen molar-refractivity contribution in [2.75, 3.05) is 39.8 Å². The molecule has 1 aliphatic heterocycles. The molecular formula is C18H29N3O4S. The van der Waals surface area contributed by atoms with E-state index in [0.29, 0.717) is 44.4 Å². The summed E-state index contributed by atoms with van der Waals surface area (Å²) in [5.74, 6) is 1.01. The Morgan fingerprint density at radius 3 is 2.19 bits per heavy atom. The van der Waals surface area contributed by atoms with E-state index in [1.54, 1.807) is 31.4 Å². The highest BCUT2D eigenvalue weighted by Gasteiger charge is 2.31. The molecule has 26 heavy (non-hydrogen) atoms. The lowest BCUT2D eigenvalue weighted by molar-refractivity contribution is -0.126. The van der Waals surface area contributed by atoms with Gasteiger partial charge in [0.2, 0.25) is 15.9 Å². The number of nitrogens with zero attached hydrogens (tertiary/aromatic N) is 2. The quantitative estimate of drug-likeness (QED) is 0.764. The van der Waals surface area contributed by atoms with Crippen LogP contribution in [0.5, 0.6) is 5.75 Å². The molecule has 146 valence electrons.